The number of rotatable bonds is 6. The Bertz CT molecular complexity index is 825. The first-order valence-electron chi connectivity index (χ1n) is 7.97. The largest absolute Gasteiger partial charge is 0.350 e. The monoisotopic (exact) mass is 342 g/mol. The molecule has 5 nitrogen and oxygen atoms in total. The van der Waals surface area contributed by atoms with Crippen LogP contribution in [0.3, 0.4) is 0 Å². The minimum atomic E-state index is -0.218. The van der Waals surface area contributed by atoms with E-state index in [2.05, 4.69) is 20.9 Å². The van der Waals surface area contributed by atoms with E-state index in [1.807, 2.05) is 61.6 Å². The van der Waals surface area contributed by atoms with Gasteiger partial charge in [0.1, 0.15) is 5.82 Å². The fourth-order valence-corrected chi connectivity index (χ4v) is 3.28. The minimum absolute atomic E-state index is 0.0321. The van der Waals surface area contributed by atoms with Crippen molar-refractivity contribution >= 4 is 28.3 Å². The van der Waals surface area contributed by atoms with Crippen LogP contribution in [0.4, 0.5) is 0 Å². The number of nitrogens with one attached hydrogen (secondary N) is 1. The van der Waals surface area contributed by atoms with Crippen LogP contribution < -0.4 is 5.32 Å². The van der Waals surface area contributed by atoms with Gasteiger partial charge in [-0.25, -0.2) is 4.98 Å². The summed E-state index contributed by atoms with van der Waals surface area (Å²) in [6.07, 6.45) is 0. The van der Waals surface area contributed by atoms with E-state index in [1.165, 1.54) is 0 Å². The van der Waals surface area contributed by atoms with Crippen LogP contribution in [0.2, 0.25) is 0 Å². The molecule has 0 saturated carbocycles. The summed E-state index contributed by atoms with van der Waals surface area (Å²) in [7, 11) is 3.97. The number of nitrogens with zero attached hydrogens (tertiary/aromatic N) is 3. The zero-order chi connectivity index (χ0) is 17.1. The summed E-state index contributed by atoms with van der Waals surface area (Å²) in [5, 5.41) is 5.01. The highest BCUT2D eigenvalue weighted by molar-refractivity contribution is 7.09. The van der Waals surface area contributed by atoms with Crippen LogP contribution in [0.1, 0.15) is 17.6 Å². The lowest BCUT2D eigenvalue weighted by Gasteiger charge is -2.23. The molecule has 0 aliphatic carbocycles. The molecule has 0 spiro atoms. The van der Waals surface area contributed by atoms with Crippen LogP contribution in [0.15, 0.2) is 41.8 Å². The maximum absolute atomic E-state index is 12.4. The third-order valence-electron chi connectivity index (χ3n) is 4.33. The average Bonchev–Trinajstić information content (AvgIpc) is 3.21. The highest BCUT2D eigenvalue weighted by Crippen LogP contribution is 2.16. The SMILES string of the molecule is C[C@H](C(=O)NCc1cccs1)N(C)Cc1nc2ccccc2n1C. The van der Waals surface area contributed by atoms with Crippen LogP contribution in [0.25, 0.3) is 11.0 Å². The van der Waals surface area contributed by atoms with Gasteiger partial charge in [-0.2, -0.15) is 0 Å². The highest BCUT2D eigenvalue weighted by atomic mass is 32.1. The van der Waals surface area contributed by atoms with Crippen molar-refractivity contribution in [3.8, 4) is 0 Å². The summed E-state index contributed by atoms with van der Waals surface area (Å²) in [4.78, 5) is 20.2. The molecule has 0 saturated heterocycles. The Balaban J connectivity index is 1.63. The second-order valence-corrected chi connectivity index (χ2v) is 7.00. The summed E-state index contributed by atoms with van der Waals surface area (Å²) in [6, 6.07) is 11.9. The molecule has 3 rings (SSSR count). The Morgan fingerprint density at radius 3 is 2.83 bits per heavy atom. The van der Waals surface area contributed by atoms with Crippen molar-refractivity contribution in [3.05, 3.63) is 52.5 Å². The molecule has 0 aliphatic rings. The maximum Gasteiger partial charge on any atom is 0.237 e. The Labute approximate surface area is 145 Å². The maximum atomic E-state index is 12.4. The van der Waals surface area contributed by atoms with Gasteiger partial charge in [0.05, 0.1) is 30.2 Å². The van der Waals surface area contributed by atoms with Gasteiger partial charge in [0.25, 0.3) is 0 Å². The first-order valence-corrected chi connectivity index (χ1v) is 8.85. The number of hydrogen-bond acceptors (Lipinski definition) is 4. The van der Waals surface area contributed by atoms with E-state index in [-0.39, 0.29) is 11.9 Å². The third kappa shape index (κ3) is 3.49. The van der Waals surface area contributed by atoms with Gasteiger partial charge >= 0.3 is 0 Å². The fraction of sp³-hybridized carbons (Fsp3) is 0.333. The number of imidazole rings is 1. The Morgan fingerprint density at radius 1 is 1.33 bits per heavy atom. The number of carbonyl (C=O) groups excluding carboxylic acids is 1. The van der Waals surface area contributed by atoms with Crippen molar-refractivity contribution in [3.63, 3.8) is 0 Å². The molecule has 0 fully saturated rings. The van der Waals surface area contributed by atoms with E-state index in [1.54, 1.807) is 11.3 Å². The molecule has 0 aliphatic heterocycles. The second kappa shape index (κ2) is 7.15. The summed E-state index contributed by atoms with van der Waals surface area (Å²) < 4.78 is 2.09. The van der Waals surface area contributed by atoms with Gasteiger partial charge in [-0.15, -0.1) is 11.3 Å². The van der Waals surface area contributed by atoms with E-state index >= 15 is 0 Å². The lowest BCUT2D eigenvalue weighted by Crippen LogP contribution is -2.42. The smallest absolute Gasteiger partial charge is 0.237 e. The Hall–Kier alpha value is -2.18. The Kier molecular flexibility index (Phi) is 4.97. The number of para-hydroxylation sites is 2. The topological polar surface area (TPSA) is 50.2 Å². The van der Waals surface area contributed by atoms with E-state index < -0.39 is 0 Å². The van der Waals surface area contributed by atoms with Crippen molar-refractivity contribution < 1.29 is 4.79 Å². The van der Waals surface area contributed by atoms with Crippen LogP contribution >= 0.6 is 11.3 Å². The normalized spacial score (nSPS) is 12.7. The summed E-state index contributed by atoms with van der Waals surface area (Å²) >= 11 is 1.65. The molecule has 2 aromatic heterocycles. The van der Waals surface area contributed by atoms with E-state index in [0.717, 1.165) is 21.7 Å². The molecule has 6 heteroatoms. The van der Waals surface area contributed by atoms with E-state index in [0.29, 0.717) is 13.1 Å². The lowest BCUT2D eigenvalue weighted by molar-refractivity contribution is -0.125. The van der Waals surface area contributed by atoms with Gasteiger partial charge in [0.15, 0.2) is 0 Å². The zero-order valence-corrected chi connectivity index (χ0v) is 15.0. The molecule has 1 aromatic carbocycles. The molecule has 0 bridgehead atoms. The van der Waals surface area contributed by atoms with Crippen molar-refractivity contribution in [1.82, 2.24) is 19.8 Å². The molecular weight excluding hydrogens is 320 g/mol. The quantitative estimate of drug-likeness (QED) is 0.749. The second-order valence-electron chi connectivity index (χ2n) is 5.96. The number of amides is 1. The van der Waals surface area contributed by atoms with E-state index in [4.69, 9.17) is 0 Å². The van der Waals surface area contributed by atoms with Crippen LogP contribution in [-0.2, 0) is 24.9 Å². The molecule has 126 valence electrons. The molecule has 2 heterocycles. The van der Waals surface area contributed by atoms with Gasteiger partial charge in [-0.05, 0) is 37.6 Å². The number of hydrogen-bond donors (Lipinski definition) is 1. The number of aromatic nitrogens is 2. The molecule has 24 heavy (non-hydrogen) atoms. The molecule has 0 radical (unpaired) electrons. The number of fused-ring (bicyclic) bond motifs is 1. The number of aryl methyl sites for hydroxylation is 1. The van der Waals surface area contributed by atoms with Gasteiger partial charge in [0.2, 0.25) is 5.91 Å². The van der Waals surface area contributed by atoms with Crippen molar-refractivity contribution in [2.75, 3.05) is 7.05 Å². The molecule has 3 aromatic rings. The van der Waals surface area contributed by atoms with Crippen molar-refractivity contribution in [2.45, 2.75) is 26.1 Å². The van der Waals surface area contributed by atoms with Crippen LogP contribution in [-0.4, -0.2) is 33.4 Å². The lowest BCUT2D eigenvalue weighted by atomic mass is 10.2. The summed E-state index contributed by atoms with van der Waals surface area (Å²) in [6.45, 7) is 3.13. The summed E-state index contributed by atoms with van der Waals surface area (Å²) in [5.74, 6) is 0.987. The van der Waals surface area contributed by atoms with E-state index in [9.17, 15) is 4.79 Å². The van der Waals surface area contributed by atoms with Crippen molar-refractivity contribution in [1.29, 1.82) is 0 Å². The number of carbonyl (C=O) groups is 1. The number of benzene rings is 1. The predicted octanol–water partition coefficient (Wildman–Crippen LogP) is 2.77. The molecular formula is C18H22N4OS. The minimum Gasteiger partial charge on any atom is -0.350 e. The van der Waals surface area contributed by atoms with Gasteiger partial charge in [-0.3, -0.25) is 9.69 Å². The average molecular weight is 342 g/mol. The molecule has 0 unspecified atom stereocenters. The van der Waals surface area contributed by atoms with Crippen LogP contribution in [0, 0.1) is 0 Å². The van der Waals surface area contributed by atoms with Crippen LogP contribution in [0.5, 0.6) is 0 Å². The first-order chi connectivity index (χ1) is 11.6. The predicted molar refractivity (Wildman–Crippen MR) is 97.8 cm³/mol. The highest BCUT2D eigenvalue weighted by Gasteiger charge is 2.20. The molecule has 1 N–H and O–H groups in total. The third-order valence-corrected chi connectivity index (χ3v) is 5.20. The Morgan fingerprint density at radius 2 is 2.12 bits per heavy atom. The fourth-order valence-electron chi connectivity index (χ4n) is 2.63. The van der Waals surface area contributed by atoms with Crippen molar-refractivity contribution in [2.24, 2.45) is 7.05 Å². The van der Waals surface area contributed by atoms with Gasteiger partial charge < -0.3 is 9.88 Å². The number of thiophene rings is 1. The molecule has 1 atom stereocenters. The zero-order valence-electron chi connectivity index (χ0n) is 14.2. The standard InChI is InChI=1S/C18H22N4OS/c1-13(18(23)19-11-14-7-6-10-24-14)21(2)12-17-20-15-8-4-5-9-16(15)22(17)3/h4-10,13H,11-12H2,1-3H3,(H,19,23)/t13-/m1/s1. The van der Waals surface area contributed by atoms with Gasteiger partial charge in [0, 0.05) is 11.9 Å². The number of likely N-dealkylation sites (N-methyl/N-ethyl adjacent to an activating group) is 1. The molecule has 1 amide bonds. The first kappa shape index (κ1) is 16.7. The van der Waals surface area contributed by atoms with Gasteiger partial charge in [-0.1, -0.05) is 18.2 Å². The summed E-state index contributed by atoms with van der Waals surface area (Å²) in [5.41, 5.74) is 2.09.